The van der Waals surface area contributed by atoms with Crippen LogP contribution in [0.4, 0.5) is 14.5 Å². The van der Waals surface area contributed by atoms with E-state index in [-0.39, 0.29) is 17.4 Å². The number of carboxylic acids is 1. The SMILES string of the molecule is O=C(O)c1cc(F)c([C@@H]2Nc3ccc(Cl)cc3[C@@H]3C=CC[C@@H]32)c(F)c1. The van der Waals surface area contributed by atoms with Gasteiger partial charge in [0.2, 0.25) is 0 Å². The third-order valence-electron chi connectivity index (χ3n) is 4.96. The van der Waals surface area contributed by atoms with Crippen LogP contribution >= 0.6 is 11.6 Å². The molecule has 0 aromatic heterocycles. The van der Waals surface area contributed by atoms with Gasteiger partial charge >= 0.3 is 5.97 Å². The Morgan fingerprint density at radius 2 is 1.92 bits per heavy atom. The Bertz CT molecular complexity index is 889. The summed E-state index contributed by atoms with van der Waals surface area (Å²) in [5.74, 6) is -3.11. The van der Waals surface area contributed by atoms with Crippen molar-refractivity contribution in [3.8, 4) is 0 Å². The maximum Gasteiger partial charge on any atom is 0.335 e. The molecule has 0 saturated heterocycles. The van der Waals surface area contributed by atoms with E-state index in [0.29, 0.717) is 11.4 Å². The van der Waals surface area contributed by atoms with Crippen LogP contribution in [0.3, 0.4) is 0 Å². The largest absolute Gasteiger partial charge is 0.478 e. The minimum absolute atomic E-state index is 0.0119. The normalized spacial score (nSPS) is 23.7. The minimum Gasteiger partial charge on any atom is -0.478 e. The van der Waals surface area contributed by atoms with Crippen LogP contribution < -0.4 is 5.32 Å². The summed E-state index contributed by atoms with van der Waals surface area (Å²) in [7, 11) is 0. The smallest absolute Gasteiger partial charge is 0.335 e. The van der Waals surface area contributed by atoms with E-state index in [9.17, 15) is 13.6 Å². The van der Waals surface area contributed by atoms with Crippen molar-refractivity contribution in [2.24, 2.45) is 5.92 Å². The van der Waals surface area contributed by atoms with Crippen LogP contribution in [0.25, 0.3) is 0 Å². The first-order valence-electron chi connectivity index (χ1n) is 7.90. The third kappa shape index (κ3) is 2.59. The zero-order valence-corrected chi connectivity index (χ0v) is 13.7. The lowest BCUT2D eigenvalue weighted by Crippen LogP contribution is -2.30. The number of benzene rings is 2. The highest BCUT2D eigenvalue weighted by Gasteiger charge is 2.40. The summed E-state index contributed by atoms with van der Waals surface area (Å²) in [6.07, 6.45) is 4.71. The van der Waals surface area contributed by atoms with Gasteiger partial charge in [-0.2, -0.15) is 0 Å². The molecule has 3 atom stereocenters. The van der Waals surface area contributed by atoms with Crippen LogP contribution in [-0.2, 0) is 0 Å². The van der Waals surface area contributed by atoms with Crippen molar-refractivity contribution in [2.75, 3.05) is 5.32 Å². The quantitative estimate of drug-likeness (QED) is 0.728. The molecule has 2 N–H and O–H groups in total. The predicted octanol–water partition coefficient (Wildman–Crippen LogP) is 5.14. The summed E-state index contributed by atoms with van der Waals surface area (Å²) in [4.78, 5) is 11.0. The summed E-state index contributed by atoms with van der Waals surface area (Å²) in [6.45, 7) is 0. The highest BCUT2D eigenvalue weighted by Crippen LogP contribution is 2.51. The van der Waals surface area contributed by atoms with Crippen LogP contribution in [0.15, 0.2) is 42.5 Å². The molecule has 1 aliphatic heterocycles. The molecule has 0 radical (unpaired) electrons. The number of hydrogen-bond acceptors (Lipinski definition) is 2. The first-order valence-corrected chi connectivity index (χ1v) is 8.28. The maximum absolute atomic E-state index is 14.6. The Morgan fingerprint density at radius 1 is 1.20 bits per heavy atom. The average molecular weight is 362 g/mol. The molecule has 1 heterocycles. The molecule has 25 heavy (non-hydrogen) atoms. The molecule has 6 heteroatoms. The van der Waals surface area contributed by atoms with E-state index in [4.69, 9.17) is 16.7 Å². The molecule has 2 aromatic rings. The van der Waals surface area contributed by atoms with Gasteiger partial charge in [0.05, 0.1) is 11.6 Å². The van der Waals surface area contributed by atoms with Crippen molar-refractivity contribution >= 4 is 23.3 Å². The number of anilines is 1. The molecule has 2 aliphatic rings. The topological polar surface area (TPSA) is 49.3 Å². The van der Waals surface area contributed by atoms with Gasteiger partial charge in [-0.3, -0.25) is 0 Å². The highest BCUT2D eigenvalue weighted by atomic mass is 35.5. The van der Waals surface area contributed by atoms with Gasteiger partial charge in [-0.25, -0.2) is 13.6 Å². The van der Waals surface area contributed by atoms with Crippen molar-refractivity contribution < 1.29 is 18.7 Å². The predicted molar refractivity (Wildman–Crippen MR) is 91.1 cm³/mol. The fourth-order valence-corrected chi connectivity index (χ4v) is 4.04. The van der Waals surface area contributed by atoms with Gasteiger partial charge in [0, 0.05) is 22.2 Å². The zero-order valence-electron chi connectivity index (χ0n) is 13.0. The number of aromatic carboxylic acids is 1. The van der Waals surface area contributed by atoms with Gasteiger partial charge < -0.3 is 10.4 Å². The van der Waals surface area contributed by atoms with Crippen LogP contribution in [0.1, 0.15) is 39.9 Å². The van der Waals surface area contributed by atoms with E-state index in [0.717, 1.165) is 23.4 Å². The van der Waals surface area contributed by atoms with Gasteiger partial charge in [-0.15, -0.1) is 0 Å². The lowest BCUT2D eigenvalue weighted by Gasteiger charge is -2.37. The summed E-state index contributed by atoms with van der Waals surface area (Å²) in [5, 5.41) is 12.8. The summed E-state index contributed by atoms with van der Waals surface area (Å²) >= 11 is 6.09. The molecule has 2 aromatic carbocycles. The Hall–Kier alpha value is -2.40. The van der Waals surface area contributed by atoms with E-state index >= 15 is 0 Å². The number of carbonyl (C=O) groups is 1. The second kappa shape index (κ2) is 5.85. The Morgan fingerprint density at radius 3 is 2.60 bits per heavy atom. The average Bonchev–Trinajstić information content (AvgIpc) is 3.04. The molecule has 0 saturated carbocycles. The number of fused-ring (bicyclic) bond motifs is 3. The molecular formula is C19H14ClF2NO2. The summed E-state index contributed by atoms with van der Waals surface area (Å²) in [5.41, 5.74) is 1.26. The lowest BCUT2D eigenvalue weighted by molar-refractivity contribution is 0.0695. The lowest BCUT2D eigenvalue weighted by atomic mass is 9.76. The monoisotopic (exact) mass is 361 g/mol. The molecular weight excluding hydrogens is 348 g/mol. The standard InChI is InChI=1S/C19H14ClF2NO2/c20-10-4-5-16-13(8-10)11-2-1-3-12(11)18(23-16)17-14(21)6-9(19(24)25)7-15(17)22/h1-2,4-8,11-12,18,23H,3H2,(H,24,25)/t11-,12+,18-/m1/s1. The first kappa shape index (κ1) is 16.1. The number of rotatable bonds is 2. The molecule has 0 unspecified atom stereocenters. The molecule has 4 rings (SSSR count). The molecule has 1 aliphatic carbocycles. The molecule has 0 bridgehead atoms. The van der Waals surface area contributed by atoms with E-state index in [1.807, 2.05) is 18.2 Å². The second-order valence-electron chi connectivity index (χ2n) is 6.37. The van der Waals surface area contributed by atoms with Crippen molar-refractivity contribution in [2.45, 2.75) is 18.4 Å². The second-order valence-corrected chi connectivity index (χ2v) is 6.80. The third-order valence-corrected chi connectivity index (χ3v) is 5.20. The van der Waals surface area contributed by atoms with Crippen LogP contribution in [0.2, 0.25) is 5.02 Å². The summed E-state index contributed by atoms with van der Waals surface area (Å²) < 4.78 is 29.1. The number of halogens is 3. The van der Waals surface area contributed by atoms with E-state index in [2.05, 4.69) is 5.32 Å². The summed E-state index contributed by atoms with van der Waals surface area (Å²) in [6, 6.07) is 6.55. The maximum atomic E-state index is 14.6. The molecule has 128 valence electrons. The van der Waals surface area contributed by atoms with Gasteiger partial charge in [0.15, 0.2) is 0 Å². The molecule has 3 nitrogen and oxygen atoms in total. The van der Waals surface area contributed by atoms with Crippen LogP contribution in [0.5, 0.6) is 0 Å². The number of nitrogens with one attached hydrogen (secondary N) is 1. The van der Waals surface area contributed by atoms with Gasteiger partial charge in [-0.1, -0.05) is 23.8 Å². The Kier molecular flexibility index (Phi) is 3.76. The van der Waals surface area contributed by atoms with Crippen molar-refractivity contribution in [1.29, 1.82) is 0 Å². The minimum atomic E-state index is -1.36. The van der Waals surface area contributed by atoms with Gasteiger partial charge in [-0.05, 0) is 48.2 Å². The van der Waals surface area contributed by atoms with Crippen molar-refractivity contribution in [3.63, 3.8) is 0 Å². The number of carboxylic acid groups (broad SMARTS) is 1. The number of allylic oxidation sites excluding steroid dienone is 2. The molecule has 0 spiro atoms. The Labute approximate surface area is 147 Å². The number of hydrogen-bond donors (Lipinski definition) is 2. The first-order chi connectivity index (χ1) is 12.0. The van der Waals surface area contributed by atoms with Crippen molar-refractivity contribution in [1.82, 2.24) is 0 Å². The van der Waals surface area contributed by atoms with Crippen LogP contribution in [0, 0.1) is 17.6 Å². The van der Waals surface area contributed by atoms with Crippen molar-refractivity contribution in [3.05, 3.63) is 75.8 Å². The van der Waals surface area contributed by atoms with Gasteiger partial charge in [0.25, 0.3) is 0 Å². The zero-order chi connectivity index (χ0) is 17.7. The highest BCUT2D eigenvalue weighted by molar-refractivity contribution is 6.30. The van der Waals surface area contributed by atoms with Gasteiger partial charge in [0.1, 0.15) is 11.6 Å². The van der Waals surface area contributed by atoms with E-state index < -0.39 is 29.2 Å². The fraction of sp³-hybridized carbons (Fsp3) is 0.211. The van der Waals surface area contributed by atoms with E-state index in [1.165, 1.54) is 0 Å². The Balaban J connectivity index is 1.82. The van der Waals surface area contributed by atoms with Crippen LogP contribution in [-0.4, -0.2) is 11.1 Å². The fourth-order valence-electron chi connectivity index (χ4n) is 3.86. The molecule has 0 amide bonds. The molecule has 0 fully saturated rings. The van der Waals surface area contributed by atoms with E-state index in [1.54, 1.807) is 12.1 Å².